The first kappa shape index (κ1) is 11.7. The largest absolute Gasteiger partial charge is 0.695 e. The number of carbonyl (C=O) groups is 1. The zero-order valence-electron chi connectivity index (χ0n) is 7.53. The molecule has 5 heteroatoms. The molecule has 0 aliphatic carbocycles. The number of Topliss-reactive ketones (excluding diaryl/α,β-unsaturated/α-hetero) is 1. The Morgan fingerprint density at radius 1 is 1.50 bits per heavy atom. The molecule has 0 saturated heterocycles. The van der Waals surface area contributed by atoms with Crippen molar-refractivity contribution in [3.8, 4) is 0 Å². The van der Waals surface area contributed by atoms with Crippen LogP contribution in [0.5, 0.6) is 0 Å². The van der Waals surface area contributed by atoms with Gasteiger partial charge in [0.15, 0.2) is 12.4 Å². The van der Waals surface area contributed by atoms with Crippen LogP contribution in [-0.4, -0.2) is 17.3 Å². The van der Waals surface area contributed by atoms with Crippen molar-refractivity contribution in [2.75, 3.05) is 6.61 Å². The Hall–Kier alpha value is -0.310. The molecule has 1 unspecified atom stereocenters. The molecule has 70 valence electrons. The molecular weight excluding hydrogens is 179 g/mol. The molecular formula is C7H14O4P+. The number of hydrogen-bond acceptors (Lipinski definition) is 3. The van der Waals surface area contributed by atoms with Gasteiger partial charge in [0.05, 0.1) is 0 Å². The monoisotopic (exact) mass is 193 g/mol. The van der Waals surface area contributed by atoms with Gasteiger partial charge in [-0.2, -0.15) is 0 Å². The lowest BCUT2D eigenvalue weighted by Gasteiger charge is -2.15. The molecule has 0 rings (SSSR count). The predicted molar refractivity (Wildman–Crippen MR) is 44.9 cm³/mol. The Balaban J connectivity index is 3.68. The molecule has 0 radical (unpaired) electrons. The van der Waals surface area contributed by atoms with E-state index in [1.165, 1.54) is 0 Å². The van der Waals surface area contributed by atoms with E-state index in [1.54, 1.807) is 0 Å². The second-order valence-electron chi connectivity index (χ2n) is 3.79. The van der Waals surface area contributed by atoms with Gasteiger partial charge in [0, 0.05) is 11.0 Å². The number of carbonyl (C=O) groups excluding carboxylic acids is 1. The zero-order valence-corrected chi connectivity index (χ0v) is 8.43. The first-order chi connectivity index (χ1) is 5.31. The maximum absolute atomic E-state index is 11.0. The molecule has 0 aromatic rings. The Bertz CT molecular complexity index is 182. The van der Waals surface area contributed by atoms with Crippen molar-refractivity contribution >= 4 is 14.0 Å². The van der Waals surface area contributed by atoms with Crippen LogP contribution in [0.3, 0.4) is 0 Å². The van der Waals surface area contributed by atoms with E-state index in [2.05, 4.69) is 4.52 Å². The summed E-state index contributed by atoms with van der Waals surface area (Å²) in [5, 5.41) is 0. The van der Waals surface area contributed by atoms with E-state index in [0.29, 0.717) is 6.42 Å². The molecule has 12 heavy (non-hydrogen) atoms. The average molecular weight is 193 g/mol. The molecule has 0 aliphatic heterocycles. The van der Waals surface area contributed by atoms with Gasteiger partial charge in [-0.1, -0.05) is 20.8 Å². The lowest BCUT2D eigenvalue weighted by atomic mass is 9.90. The van der Waals surface area contributed by atoms with E-state index < -0.39 is 8.25 Å². The minimum Gasteiger partial charge on any atom is -0.297 e. The first-order valence-electron chi connectivity index (χ1n) is 3.62. The quantitative estimate of drug-likeness (QED) is 0.689. The van der Waals surface area contributed by atoms with Crippen LogP contribution in [-0.2, 0) is 13.9 Å². The highest BCUT2D eigenvalue weighted by atomic mass is 31.1. The molecule has 0 bridgehead atoms. The summed E-state index contributed by atoms with van der Waals surface area (Å²) in [7, 11) is -2.65. The minimum atomic E-state index is -2.65. The maximum Gasteiger partial charge on any atom is 0.695 e. The van der Waals surface area contributed by atoms with Gasteiger partial charge in [0.2, 0.25) is 0 Å². The van der Waals surface area contributed by atoms with Gasteiger partial charge in [-0.3, -0.25) is 4.79 Å². The summed E-state index contributed by atoms with van der Waals surface area (Å²) in [4.78, 5) is 19.2. The van der Waals surface area contributed by atoms with E-state index in [1.807, 2.05) is 20.8 Å². The van der Waals surface area contributed by atoms with Gasteiger partial charge in [-0.15, -0.1) is 9.42 Å². The van der Waals surface area contributed by atoms with Crippen molar-refractivity contribution in [2.45, 2.75) is 27.2 Å². The van der Waals surface area contributed by atoms with Gasteiger partial charge in [0.1, 0.15) is 0 Å². The fourth-order valence-electron chi connectivity index (χ4n) is 0.770. The topological polar surface area (TPSA) is 63.6 Å². The summed E-state index contributed by atoms with van der Waals surface area (Å²) in [6.07, 6.45) is 0.357. The van der Waals surface area contributed by atoms with E-state index in [0.717, 1.165) is 0 Å². The summed E-state index contributed by atoms with van der Waals surface area (Å²) < 4.78 is 14.3. The van der Waals surface area contributed by atoms with Crippen LogP contribution in [0.15, 0.2) is 0 Å². The maximum atomic E-state index is 11.0. The summed E-state index contributed by atoms with van der Waals surface area (Å²) in [6.45, 7) is 5.49. The zero-order chi connectivity index (χ0) is 9.78. The van der Waals surface area contributed by atoms with Crippen LogP contribution in [0.25, 0.3) is 0 Å². The molecule has 4 nitrogen and oxygen atoms in total. The third-order valence-corrected chi connectivity index (χ3v) is 1.41. The van der Waals surface area contributed by atoms with Crippen LogP contribution < -0.4 is 0 Å². The van der Waals surface area contributed by atoms with E-state index in [4.69, 9.17) is 4.89 Å². The van der Waals surface area contributed by atoms with E-state index in [-0.39, 0.29) is 17.8 Å². The van der Waals surface area contributed by atoms with Crippen LogP contribution in [0.2, 0.25) is 0 Å². The van der Waals surface area contributed by atoms with Gasteiger partial charge in [-0.25, -0.2) is 0 Å². The predicted octanol–water partition coefficient (Wildman–Crippen LogP) is 1.66. The summed E-state index contributed by atoms with van der Waals surface area (Å²) in [6, 6.07) is 0. The van der Waals surface area contributed by atoms with Crippen molar-refractivity contribution in [1.82, 2.24) is 0 Å². The third-order valence-electron chi connectivity index (χ3n) is 1.06. The molecule has 0 aliphatic rings. The minimum absolute atomic E-state index is 0.0957. The molecule has 0 amide bonds. The Labute approximate surface area is 72.9 Å². The fourth-order valence-corrected chi connectivity index (χ4v) is 1.02. The van der Waals surface area contributed by atoms with Crippen LogP contribution in [0.4, 0.5) is 0 Å². The highest BCUT2D eigenvalue weighted by molar-refractivity contribution is 7.32. The van der Waals surface area contributed by atoms with E-state index in [9.17, 15) is 9.36 Å². The van der Waals surface area contributed by atoms with Gasteiger partial charge in [0.25, 0.3) is 0 Å². The van der Waals surface area contributed by atoms with Crippen molar-refractivity contribution in [1.29, 1.82) is 0 Å². The third kappa shape index (κ3) is 7.79. The standard InChI is InChI=1S/C7H13O4P/c1-7(2,3)4-6(8)5-11-12(9)10/h4-5H2,1-3H3/p+1. The summed E-state index contributed by atoms with van der Waals surface area (Å²) >= 11 is 0. The van der Waals surface area contributed by atoms with Gasteiger partial charge >= 0.3 is 8.25 Å². The molecule has 0 spiro atoms. The van der Waals surface area contributed by atoms with E-state index >= 15 is 0 Å². The number of rotatable bonds is 4. The molecule has 0 saturated carbocycles. The van der Waals surface area contributed by atoms with Gasteiger partial charge < -0.3 is 0 Å². The van der Waals surface area contributed by atoms with Gasteiger partial charge in [-0.05, 0) is 5.41 Å². The lowest BCUT2D eigenvalue weighted by Crippen LogP contribution is -2.16. The fraction of sp³-hybridized carbons (Fsp3) is 0.857. The summed E-state index contributed by atoms with van der Waals surface area (Å²) in [5.41, 5.74) is -0.0957. The molecule has 0 aromatic carbocycles. The second kappa shape index (κ2) is 4.65. The number of ketones is 1. The highest BCUT2D eigenvalue weighted by Crippen LogP contribution is 2.20. The second-order valence-corrected chi connectivity index (χ2v) is 4.52. The molecule has 0 fully saturated rings. The Morgan fingerprint density at radius 2 is 2.00 bits per heavy atom. The number of hydrogen-bond donors (Lipinski definition) is 1. The van der Waals surface area contributed by atoms with Crippen LogP contribution >= 0.6 is 8.25 Å². The molecule has 1 atom stereocenters. The smallest absolute Gasteiger partial charge is 0.297 e. The molecule has 1 N–H and O–H groups in total. The normalized spacial score (nSPS) is 12.8. The molecule has 0 aromatic heterocycles. The van der Waals surface area contributed by atoms with Crippen molar-refractivity contribution < 1.29 is 18.8 Å². The molecule has 0 heterocycles. The van der Waals surface area contributed by atoms with Crippen LogP contribution in [0.1, 0.15) is 27.2 Å². The first-order valence-corrected chi connectivity index (χ1v) is 4.75. The van der Waals surface area contributed by atoms with Crippen molar-refractivity contribution in [2.24, 2.45) is 5.41 Å². The highest BCUT2D eigenvalue weighted by Gasteiger charge is 2.20. The summed E-state index contributed by atoms with van der Waals surface area (Å²) in [5.74, 6) is -0.153. The van der Waals surface area contributed by atoms with Crippen molar-refractivity contribution in [3.05, 3.63) is 0 Å². The lowest BCUT2D eigenvalue weighted by molar-refractivity contribution is -0.122. The Kier molecular flexibility index (Phi) is 4.53. The van der Waals surface area contributed by atoms with Crippen LogP contribution in [0, 0.1) is 5.41 Å². The average Bonchev–Trinajstić information content (AvgIpc) is 1.79. The Morgan fingerprint density at radius 3 is 2.33 bits per heavy atom. The van der Waals surface area contributed by atoms with Crippen molar-refractivity contribution in [3.63, 3.8) is 0 Å². The SMILES string of the molecule is CC(C)(C)CC(=O)CO[P+](=O)O.